The second kappa shape index (κ2) is 7.59. The smallest absolute Gasteiger partial charge is 0.335 e. The van der Waals surface area contributed by atoms with Crippen LogP contribution in [0.2, 0.25) is 5.02 Å². The van der Waals surface area contributed by atoms with E-state index < -0.39 is 12.3 Å². The maximum absolute atomic E-state index is 12.8. The van der Waals surface area contributed by atoms with E-state index in [1.165, 1.54) is 18.3 Å². The standard InChI is InChI=1S/C19H16ClNO5/c1-2-25-19-15(10-21-13-6-3-11(4-7-13)18(23)24)17(22)14-9-12(20)5-8-16(14)26-19/h3-10,19,21H,2H2,1H3,(H,23,24)/b15-10-. The van der Waals surface area contributed by atoms with Crippen molar-refractivity contribution in [1.82, 2.24) is 0 Å². The van der Waals surface area contributed by atoms with Crippen molar-refractivity contribution < 1.29 is 24.2 Å². The van der Waals surface area contributed by atoms with Gasteiger partial charge in [-0.25, -0.2) is 4.79 Å². The summed E-state index contributed by atoms with van der Waals surface area (Å²) in [7, 11) is 0. The van der Waals surface area contributed by atoms with Gasteiger partial charge in [-0.15, -0.1) is 0 Å². The minimum atomic E-state index is -1.00. The number of hydrogen-bond acceptors (Lipinski definition) is 5. The number of aromatic carboxylic acids is 1. The van der Waals surface area contributed by atoms with Crippen LogP contribution in [0, 0.1) is 0 Å². The third kappa shape index (κ3) is 3.71. The molecule has 2 N–H and O–H groups in total. The second-order valence-corrected chi connectivity index (χ2v) is 5.94. The molecule has 0 radical (unpaired) electrons. The maximum Gasteiger partial charge on any atom is 0.335 e. The lowest BCUT2D eigenvalue weighted by molar-refractivity contribution is -0.0509. The highest BCUT2D eigenvalue weighted by Gasteiger charge is 2.32. The number of anilines is 1. The average molecular weight is 374 g/mol. The number of ketones is 1. The van der Waals surface area contributed by atoms with Crippen LogP contribution in [0.4, 0.5) is 5.69 Å². The minimum absolute atomic E-state index is 0.177. The van der Waals surface area contributed by atoms with E-state index in [2.05, 4.69) is 5.32 Å². The molecule has 3 rings (SSSR count). The first kappa shape index (κ1) is 18.0. The Labute approximate surface area is 155 Å². The summed E-state index contributed by atoms with van der Waals surface area (Å²) < 4.78 is 11.3. The lowest BCUT2D eigenvalue weighted by Gasteiger charge is -2.27. The van der Waals surface area contributed by atoms with Crippen LogP contribution in [0.15, 0.2) is 54.2 Å². The third-order valence-electron chi connectivity index (χ3n) is 3.78. The average Bonchev–Trinajstić information content (AvgIpc) is 2.63. The Hall–Kier alpha value is -2.83. The fourth-order valence-electron chi connectivity index (χ4n) is 2.50. The summed E-state index contributed by atoms with van der Waals surface area (Å²) in [5.41, 5.74) is 1.46. The molecule has 0 aliphatic carbocycles. The molecule has 1 atom stereocenters. The highest BCUT2D eigenvalue weighted by Crippen LogP contribution is 2.33. The summed E-state index contributed by atoms with van der Waals surface area (Å²) in [6, 6.07) is 11.0. The molecule has 2 aromatic carbocycles. The van der Waals surface area contributed by atoms with Crippen LogP contribution in [0.25, 0.3) is 0 Å². The number of halogens is 1. The van der Waals surface area contributed by atoms with E-state index in [0.29, 0.717) is 34.2 Å². The van der Waals surface area contributed by atoms with E-state index >= 15 is 0 Å². The van der Waals surface area contributed by atoms with Gasteiger partial charge in [0.25, 0.3) is 0 Å². The molecule has 1 unspecified atom stereocenters. The van der Waals surface area contributed by atoms with Crippen molar-refractivity contribution in [3.8, 4) is 5.75 Å². The molecule has 0 aromatic heterocycles. The highest BCUT2D eigenvalue weighted by atomic mass is 35.5. The maximum atomic E-state index is 12.8. The fraction of sp³-hybridized carbons (Fsp3) is 0.158. The molecular formula is C19H16ClNO5. The monoisotopic (exact) mass is 373 g/mol. The molecular weight excluding hydrogens is 358 g/mol. The zero-order valence-corrected chi connectivity index (χ0v) is 14.6. The van der Waals surface area contributed by atoms with Crippen molar-refractivity contribution in [2.75, 3.05) is 11.9 Å². The topological polar surface area (TPSA) is 84.9 Å². The highest BCUT2D eigenvalue weighted by molar-refractivity contribution is 6.31. The van der Waals surface area contributed by atoms with Gasteiger partial charge < -0.3 is 19.9 Å². The number of rotatable bonds is 5. The third-order valence-corrected chi connectivity index (χ3v) is 4.02. The van der Waals surface area contributed by atoms with Gasteiger partial charge in [0.1, 0.15) is 5.75 Å². The quantitative estimate of drug-likeness (QED) is 0.771. The SMILES string of the molecule is CCOC1Oc2ccc(Cl)cc2C(=O)/C1=C/Nc1ccc(C(=O)O)cc1. The summed E-state index contributed by atoms with van der Waals surface area (Å²) in [6.45, 7) is 2.17. The zero-order valence-electron chi connectivity index (χ0n) is 13.9. The fourth-order valence-corrected chi connectivity index (χ4v) is 2.67. The van der Waals surface area contributed by atoms with Gasteiger partial charge in [0.15, 0.2) is 0 Å². The first-order valence-corrected chi connectivity index (χ1v) is 8.30. The van der Waals surface area contributed by atoms with Gasteiger partial charge in [-0.1, -0.05) is 11.6 Å². The number of carboxylic acid groups (broad SMARTS) is 1. The van der Waals surface area contributed by atoms with Crippen molar-refractivity contribution in [3.63, 3.8) is 0 Å². The van der Waals surface area contributed by atoms with Gasteiger partial charge in [0.05, 0.1) is 16.7 Å². The van der Waals surface area contributed by atoms with Crippen LogP contribution < -0.4 is 10.1 Å². The summed E-state index contributed by atoms with van der Waals surface area (Å²) in [6.07, 6.45) is 0.661. The minimum Gasteiger partial charge on any atom is -0.478 e. The first-order chi connectivity index (χ1) is 12.5. The van der Waals surface area contributed by atoms with Crippen LogP contribution in [0.3, 0.4) is 0 Å². The molecule has 2 aromatic rings. The number of hydrogen-bond donors (Lipinski definition) is 2. The Morgan fingerprint density at radius 2 is 2.04 bits per heavy atom. The molecule has 0 saturated carbocycles. The molecule has 134 valence electrons. The van der Waals surface area contributed by atoms with Gasteiger partial charge in [-0.2, -0.15) is 0 Å². The van der Waals surface area contributed by atoms with E-state index in [4.69, 9.17) is 26.2 Å². The molecule has 0 fully saturated rings. The number of fused-ring (bicyclic) bond motifs is 1. The van der Waals surface area contributed by atoms with Crippen molar-refractivity contribution in [3.05, 3.63) is 70.4 Å². The van der Waals surface area contributed by atoms with E-state index in [1.54, 1.807) is 37.3 Å². The molecule has 1 heterocycles. The predicted molar refractivity (Wildman–Crippen MR) is 96.9 cm³/mol. The number of carboxylic acids is 1. The Balaban J connectivity index is 1.88. The van der Waals surface area contributed by atoms with Crippen LogP contribution in [-0.2, 0) is 4.74 Å². The molecule has 1 aliphatic heterocycles. The van der Waals surface area contributed by atoms with Gasteiger partial charge in [0, 0.05) is 23.5 Å². The van der Waals surface area contributed by atoms with Gasteiger partial charge >= 0.3 is 5.97 Å². The second-order valence-electron chi connectivity index (χ2n) is 5.50. The van der Waals surface area contributed by atoms with E-state index in [-0.39, 0.29) is 11.3 Å². The van der Waals surface area contributed by atoms with Crippen molar-refractivity contribution in [1.29, 1.82) is 0 Å². The van der Waals surface area contributed by atoms with E-state index in [1.807, 2.05) is 0 Å². The Bertz CT molecular complexity index is 876. The van der Waals surface area contributed by atoms with Gasteiger partial charge in [-0.05, 0) is 49.4 Å². The van der Waals surface area contributed by atoms with Crippen LogP contribution >= 0.6 is 11.6 Å². The number of nitrogens with one attached hydrogen (secondary N) is 1. The molecule has 0 amide bonds. The number of carbonyl (C=O) groups excluding carboxylic acids is 1. The molecule has 26 heavy (non-hydrogen) atoms. The Morgan fingerprint density at radius 1 is 1.31 bits per heavy atom. The van der Waals surface area contributed by atoms with Crippen molar-refractivity contribution in [2.45, 2.75) is 13.2 Å². The normalized spacial score (nSPS) is 17.5. The Kier molecular flexibility index (Phi) is 5.25. The molecule has 0 spiro atoms. The van der Waals surface area contributed by atoms with Crippen LogP contribution in [0.1, 0.15) is 27.6 Å². The van der Waals surface area contributed by atoms with Gasteiger partial charge in [-0.3, -0.25) is 4.79 Å². The zero-order chi connectivity index (χ0) is 18.7. The van der Waals surface area contributed by atoms with Gasteiger partial charge in [0.2, 0.25) is 12.1 Å². The summed E-state index contributed by atoms with van der Waals surface area (Å²) in [4.78, 5) is 23.7. The number of carbonyl (C=O) groups is 2. The summed E-state index contributed by atoms with van der Waals surface area (Å²) in [5, 5.41) is 12.3. The number of benzene rings is 2. The summed E-state index contributed by atoms with van der Waals surface area (Å²) in [5.74, 6) is -0.835. The molecule has 7 heteroatoms. The van der Waals surface area contributed by atoms with E-state index in [0.717, 1.165) is 0 Å². The van der Waals surface area contributed by atoms with Crippen LogP contribution in [0.5, 0.6) is 5.75 Å². The lowest BCUT2D eigenvalue weighted by Crippen LogP contribution is -2.33. The molecule has 6 nitrogen and oxygen atoms in total. The molecule has 1 aliphatic rings. The molecule has 0 bridgehead atoms. The largest absolute Gasteiger partial charge is 0.478 e. The summed E-state index contributed by atoms with van der Waals surface area (Å²) >= 11 is 5.98. The Morgan fingerprint density at radius 3 is 2.69 bits per heavy atom. The molecule has 0 saturated heterocycles. The first-order valence-electron chi connectivity index (χ1n) is 7.92. The number of ether oxygens (including phenoxy) is 2. The van der Waals surface area contributed by atoms with Crippen molar-refractivity contribution in [2.24, 2.45) is 0 Å². The van der Waals surface area contributed by atoms with Crippen molar-refractivity contribution >= 4 is 29.0 Å². The van der Waals surface area contributed by atoms with Crippen LogP contribution in [-0.4, -0.2) is 29.8 Å². The van der Waals surface area contributed by atoms with E-state index in [9.17, 15) is 9.59 Å². The predicted octanol–water partition coefficient (Wildman–Crippen LogP) is 3.97. The number of Topliss-reactive ketones (excluding diaryl/α,β-unsaturated/α-hetero) is 1. The lowest BCUT2D eigenvalue weighted by atomic mass is 10.00.